The summed E-state index contributed by atoms with van der Waals surface area (Å²) in [4.78, 5) is 28.2. The van der Waals surface area contributed by atoms with Crippen LogP contribution < -0.4 is 15.8 Å². The summed E-state index contributed by atoms with van der Waals surface area (Å²) in [5.74, 6) is -0.943. The monoisotopic (exact) mass is 340 g/mol. The lowest BCUT2D eigenvalue weighted by atomic mass is 10.1. The van der Waals surface area contributed by atoms with Crippen LogP contribution >= 0.6 is 0 Å². The highest BCUT2D eigenvalue weighted by molar-refractivity contribution is 6.39. The first-order valence-electron chi connectivity index (χ1n) is 7.86. The number of hydrazine groups is 1. The highest BCUT2D eigenvalue weighted by Crippen LogP contribution is 2.13. The quantitative estimate of drug-likeness (QED) is 0.865. The number of para-hydroxylation sites is 1. The number of amidine groups is 1. The number of carbonyl (C=O) groups is 2. The minimum Gasteiger partial charge on any atom is -0.349 e. The minimum atomic E-state index is -0.440. The lowest BCUT2D eigenvalue weighted by Crippen LogP contribution is -2.55. The number of carbonyl (C=O) groups excluding carboxylic acids is 2. The van der Waals surface area contributed by atoms with Gasteiger partial charge in [-0.1, -0.05) is 36.4 Å². The average molecular weight is 340 g/mol. The van der Waals surface area contributed by atoms with Crippen LogP contribution in [0, 0.1) is 5.82 Å². The van der Waals surface area contributed by atoms with Gasteiger partial charge in [-0.3, -0.25) is 20.0 Å². The van der Waals surface area contributed by atoms with Crippen molar-refractivity contribution in [1.29, 1.82) is 0 Å². The third kappa shape index (κ3) is 4.00. The molecule has 3 rings (SSSR count). The number of anilines is 1. The van der Waals surface area contributed by atoms with E-state index in [4.69, 9.17) is 0 Å². The Morgan fingerprint density at radius 3 is 2.64 bits per heavy atom. The first kappa shape index (κ1) is 16.6. The molecule has 2 N–H and O–H groups in total. The van der Waals surface area contributed by atoms with Gasteiger partial charge in [0.05, 0.1) is 5.69 Å². The van der Waals surface area contributed by atoms with Crippen LogP contribution in [0.1, 0.15) is 5.56 Å². The van der Waals surface area contributed by atoms with Crippen LogP contribution in [0.25, 0.3) is 0 Å². The van der Waals surface area contributed by atoms with E-state index in [-0.39, 0.29) is 30.6 Å². The van der Waals surface area contributed by atoms with Crippen LogP contribution in [0.4, 0.5) is 10.1 Å². The number of hydrogen-bond donors (Lipinski definition) is 2. The highest BCUT2D eigenvalue weighted by atomic mass is 19.1. The molecule has 1 aliphatic heterocycles. The Hall–Kier alpha value is -3.22. The molecule has 0 unspecified atom stereocenters. The Morgan fingerprint density at radius 2 is 1.88 bits per heavy atom. The molecule has 0 aliphatic carbocycles. The molecule has 1 aliphatic rings. The number of hydrogen-bond acceptors (Lipinski definition) is 4. The normalized spacial score (nSPS) is 13.9. The summed E-state index contributed by atoms with van der Waals surface area (Å²) in [7, 11) is 0. The molecule has 2 aromatic carbocycles. The minimum absolute atomic E-state index is 0.0528. The Labute approximate surface area is 144 Å². The maximum absolute atomic E-state index is 13.6. The van der Waals surface area contributed by atoms with Gasteiger partial charge in [-0.15, -0.1) is 0 Å². The molecule has 0 saturated carbocycles. The Morgan fingerprint density at radius 1 is 1.16 bits per heavy atom. The number of rotatable bonds is 5. The number of aliphatic imine (C=N–C) groups is 1. The van der Waals surface area contributed by atoms with Crippen molar-refractivity contribution >= 4 is 23.3 Å². The largest absolute Gasteiger partial charge is 0.349 e. The molecule has 1 heterocycles. The fraction of sp³-hybridized carbons (Fsp3) is 0.167. The molecule has 7 heteroatoms. The van der Waals surface area contributed by atoms with E-state index in [1.165, 1.54) is 11.1 Å². The van der Waals surface area contributed by atoms with E-state index in [9.17, 15) is 14.0 Å². The van der Waals surface area contributed by atoms with Crippen LogP contribution in [0.15, 0.2) is 59.6 Å². The molecule has 0 aromatic heterocycles. The van der Waals surface area contributed by atoms with Gasteiger partial charge in [0, 0.05) is 6.54 Å². The van der Waals surface area contributed by atoms with Gasteiger partial charge >= 0.3 is 0 Å². The summed E-state index contributed by atoms with van der Waals surface area (Å²) < 4.78 is 13.6. The van der Waals surface area contributed by atoms with Crippen LogP contribution in [-0.4, -0.2) is 30.7 Å². The number of benzene rings is 2. The van der Waals surface area contributed by atoms with E-state index < -0.39 is 5.91 Å². The molecular weight excluding hydrogens is 323 g/mol. The fourth-order valence-electron chi connectivity index (χ4n) is 2.42. The van der Waals surface area contributed by atoms with Crippen molar-refractivity contribution in [2.75, 3.05) is 18.1 Å². The first-order chi connectivity index (χ1) is 12.1. The predicted molar refractivity (Wildman–Crippen MR) is 92.5 cm³/mol. The topological polar surface area (TPSA) is 73.8 Å². The van der Waals surface area contributed by atoms with Gasteiger partial charge in [0.2, 0.25) is 5.84 Å². The van der Waals surface area contributed by atoms with E-state index in [1.54, 1.807) is 42.5 Å². The zero-order valence-corrected chi connectivity index (χ0v) is 13.4. The van der Waals surface area contributed by atoms with E-state index in [2.05, 4.69) is 15.7 Å². The first-order valence-corrected chi connectivity index (χ1v) is 7.86. The molecular formula is C18H17FN4O2. The van der Waals surface area contributed by atoms with Crippen molar-refractivity contribution in [2.24, 2.45) is 4.99 Å². The summed E-state index contributed by atoms with van der Waals surface area (Å²) in [5, 5.41) is 3.97. The van der Waals surface area contributed by atoms with E-state index in [1.807, 2.05) is 6.07 Å². The molecule has 6 nitrogen and oxygen atoms in total. The van der Waals surface area contributed by atoms with Crippen LogP contribution in [0.3, 0.4) is 0 Å². The van der Waals surface area contributed by atoms with Crippen LogP contribution in [-0.2, 0) is 16.0 Å². The third-order valence-corrected chi connectivity index (χ3v) is 3.71. The maximum Gasteiger partial charge on any atom is 0.288 e. The zero-order valence-electron chi connectivity index (χ0n) is 13.4. The third-order valence-electron chi connectivity index (χ3n) is 3.71. The van der Waals surface area contributed by atoms with Gasteiger partial charge in [-0.2, -0.15) is 0 Å². The molecule has 0 radical (unpaired) electrons. The molecule has 2 amide bonds. The number of amides is 2. The number of nitrogens with one attached hydrogen (secondary N) is 2. The van der Waals surface area contributed by atoms with Crippen LogP contribution in [0.5, 0.6) is 0 Å². The molecule has 0 fully saturated rings. The summed E-state index contributed by atoms with van der Waals surface area (Å²) in [6.45, 7) is 0.151. The van der Waals surface area contributed by atoms with Gasteiger partial charge in [-0.05, 0) is 30.2 Å². The Balaban J connectivity index is 1.59. The van der Waals surface area contributed by atoms with E-state index >= 15 is 0 Å². The Kier molecular flexibility index (Phi) is 5.03. The van der Waals surface area contributed by atoms with Crippen molar-refractivity contribution < 1.29 is 14.0 Å². The summed E-state index contributed by atoms with van der Waals surface area (Å²) in [6, 6.07) is 15.4. The second-order valence-electron chi connectivity index (χ2n) is 5.44. The van der Waals surface area contributed by atoms with Crippen molar-refractivity contribution in [1.82, 2.24) is 10.7 Å². The molecule has 25 heavy (non-hydrogen) atoms. The van der Waals surface area contributed by atoms with Gasteiger partial charge in [0.25, 0.3) is 11.8 Å². The average Bonchev–Trinajstić information content (AvgIpc) is 2.64. The van der Waals surface area contributed by atoms with Crippen molar-refractivity contribution in [3.05, 3.63) is 66.0 Å². The highest BCUT2D eigenvalue weighted by Gasteiger charge is 2.25. The lowest BCUT2D eigenvalue weighted by Gasteiger charge is -2.27. The Bertz CT molecular complexity index is 808. The van der Waals surface area contributed by atoms with E-state index in [0.29, 0.717) is 17.7 Å². The van der Waals surface area contributed by atoms with Crippen molar-refractivity contribution in [3.8, 4) is 0 Å². The SMILES string of the molecule is O=C(NCCc1ccccc1F)C1=NCC(=O)N(c2ccccc2)N1. The second kappa shape index (κ2) is 7.57. The van der Waals surface area contributed by atoms with E-state index in [0.717, 1.165) is 0 Å². The molecule has 2 aromatic rings. The lowest BCUT2D eigenvalue weighted by molar-refractivity contribution is -0.118. The van der Waals surface area contributed by atoms with Crippen molar-refractivity contribution in [3.63, 3.8) is 0 Å². The number of nitrogens with zero attached hydrogens (tertiary/aromatic N) is 2. The van der Waals surface area contributed by atoms with Crippen LogP contribution in [0.2, 0.25) is 0 Å². The molecule has 0 atom stereocenters. The molecule has 0 bridgehead atoms. The van der Waals surface area contributed by atoms with Gasteiger partial charge in [0.15, 0.2) is 0 Å². The summed E-state index contributed by atoms with van der Waals surface area (Å²) >= 11 is 0. The molecule has 128 valence electrons. The fourth-order valence-corrected chi connectivity index (χ4v) is 2.42. The molecule has 0 saturated heterocycles. The molecule has 0 spiro atoms. The predicted octanol–water partition coefficient (Wildman–Crippen LogP) is 1.43. The second-order valence-corrected chi connectivity index (χ2v) is 5.44. The van der Waals surface area contributed by atoms with Gasteiger partial charge < -0.3 is 5.32 Å². The number of halogens is 1. The maximum atomic E-state index is 13.6. The standard InChI is InChI=1S/C18H17FN4O2/c19-15-9-5-4-6-13(15)10-11-20-18(25)17-21-12-16(24)23(22-17)14-7-2-1-3-8-14/h1-9H,10-12H2,(H,20,25)(H,21,22). The summed E-state index contributed by atoms with van der Waals surface area (Å²) in [5.41, 5.74) is 3.88. The van der Waals surface area contributed by atoms with Gasteiger partial charge in [0.1, 0.15) is 12.4 Å². The zero-order chi connectivity index (χ0) is 17.6. The summed E-state index contributed by atoms with van der Waals surface area (Å²) in [6.07, 6.45) is 0.368. The van der Waals surface area contributed by atoms with Crippen molar-refractivity contribution in [2.45, 2.75) is 6.42 Å². The van der Waals surface area contributed by atoms with Gasteiger partial charge in [-0.25, -0.2) is 9.40 Å². The smallest absolute Gasteiger partial charge is 0.288 e.